The second-order valence-electron chi connectivity index (χ2n) is 4.34. The first-order chi connectivity index (χ1) is 9.45. The molecule has 2 aromatic heterocycles. The molecule has 4 nitrogen and oxygen atoms in total. The number of alkyl halides is 3. The van der Waals surface area contributed by atoms with Gasteiger partial charge in [-0.1, -0.05) is 0 Å². The molecule has 3 N–H and O–H groups in total. The zero-order valence-corrected chi connectivity index (χ0v) is 10.1. The van der Waals surface area contributed by atoms with Crippen LogP contribution in [0, 0.1) is 0 Å². The van der Waals surface area contributed by atoms with Crippen LogP contribution in [0.15, 0.2) is 36.7 Å². The predicted molar refractivity (Wildman–Crippen MR) is 68.7 cm³/mol. The van der Waals surface area contributed by atoms with Crippen LogP contribution < -0.4 is 5.73 Å². The quantitative estimate of drug-likeness (QED) is 0.671. The van der Waals surface area contributed by atoms with Crippen LogP contribution in [0.2, 0.25) is 0 Å². The summed E-state index contributed by atoms with van der Waals surface area (Å²) in [7, 11) is 0. The third kappa shape index (κ3) is 2.07. The third-order valence-corrected chi connectivity index (χ3v) is 2.93. The second-order valence-corrected chi connectivity index (χ2v) is 4.34. The zero-order chi connectivity index (χ0) is 14.3. The van der Waals surface area contributed by atoms with E-state index in [4.69, 9.17) is 5.73 Å². The van der Waals surface area contributed by atoms with Gasteiger partial charge in [0.2, 0.25) is 0 Å². The molecule has 0 amide bonds. The standard InChI is InChI=1S/C13H9F3N4/c14-13(15,16)8-3-7(5-18-6-8)12-10-4-9(17)1-2-11(10)19-20-12/h1-6H,17H2,(H,19,20). The van der Waals surface area contributed by atoms with Gasteiger partial charge in [-0.3, -0.25) is 10.1 Å². The van der Waals surface area contributed by atoms with Gasteiger partial charge in [0.25, 0.3) is 0 Å². The number of aromatic amines is 1. The molecule has 3 rings (SSSR count). The van der Waals surface area contributed by atoms with Gasteiger partial charge < -0.3 is 5.73 Å². The Morgan fingerprint density at radius 3 is 2.65 bits per heavy atom. The molecule has 2 heterocycles. The number of nitrogens with one attached hydrogen (secondary N) is 1. The van der Waals surface area contributed by atoms with E-state index >= 15 is 0 Å². The van der Waals surface area contributed by atoms with E-state index in [1.54, 1.807) is 18.2 Å². The number of nitrogens with zero attached hydrogens (tertiary/aromatic N) is 2. The van der Waals surface area contributed by atoms with E-state index in [-0.39, 0.29) is 5.56 Å². The lowest BCUT2D eigenvalue weighted by Gasteiger charge is -2.07. The molecule has 0 saturated heterocycles. The smallest absolute Gasteiger partial charge is 0.399 e. The second kappa shape index (κ2) is 4.22. The van der Waals surface area contributed by atoms with Crippen LogP contribution >= 0.6 is 0 Å². The minimum Gasteiger partial charge on any atom is -0.399 e. The van der Waals surface area contributed by atoms with Crippen LogP contribution in [-0.2, 0) is 6.18 Å². The molecule has 0 unspecified atom stereocenters. The van der Waals surface area contributed by atoms with E-state index in [1.165, 1.54) is 6.20 Å². The van der Waals surface area contributed by atoms with Gasteiger partial charge >= 0.3 is 6.18 Å². The highest BCUT2D eigenvalue weighted by atomic mass is 19.4. The average Bonchev–Trinajstić information content (AvgIpc) is 2.81. The Balaban J connectivity index is 2.18. The molecule has 0 radical (unpaired) electrons. The number of pyridine rings is 1. The summed E-state index contributed by atoms with van der Waals surface area (Å²) in [5.41, 5.74) is 6.78. The predicted octanol–water partition coefficient (Wildman–Crippen LogP) is 3.23. The van der Waals surface area contributed by atoms with Gasteiger partial charge in [-0.15, -0.1) is 0 Å². The van der Waals surface area contributed by atoms with E-state index in [1.807, 2.05) is 0 Å². The molecule has 7 heteroatoms. The Labute approximate surface area is 111 Å². The van der Waals surface area contributed by atoms with Gasteiger partial charge in [-0.25, -0.2) is 0 Å². The molecule has 3 aromatic rings. The third-order valence-electron chi connectivity index (χ3n) is 2.93. The maximum Gasteiger partial charge on any atom is 0.417 e. The van der Waals surface area contributed by atoms with Crippen molar-refractivity contribution in [2.24, 2.45) is 0 Å². The normalized spacial score (nSPS) is 11.9. The largest absolute Gasteiger partial charge is 0.417 e. The van der Waals surface area contributed by atoms with Crippen LogP contribution in [0.1, 0.15) is 5.56 Å². The van der Waals surface area contributed by atoms with Crippen molar-refractivity contribution in [2.75, 3.05) is 5.73 Å². The number of hydrogen-bond acceptors (Lipinski definition) is 3. The number of hydrogen-bond donors (Lipinski definition) is 2. The minimum atomic E-state index is -4.44. The summed E-state index contributed by atoms with van der Waals surface area (Å²) in [4.78, 5) is 3.63. The first kappa shape index (κ1) is 12.5. The van der Waals surface area contributed by atoms with Crippen molar-refractivity contribution < 1.29 is 13.2 Å². The number of rotatable bonds is 1. The van der Waals surface area contributed by atoms with Crippen LogP contribution in [0.25, 0.3) is 22.2 Å². The van der Waals surface area contributed by atoms with E-state index < -0.39 is 11.7 Å². The lowest BCUT2D eigenvalue weighted by Crippen LogP contribution is -2.05. The molecule has 0 aliphatic carbocycles. The lowest BCUT2D eigenvalue weighted by molar-refractivity contribution is -0.137. The fraction of sp³-hybridized carbons (Fsp3) is 0.0769. The maximum absolute atomic E-state index is 12.7. The van der Waals surface area contributed by atoms with Gasteiger partial charge in [0.1, 0.15) is 5.69 Å². The minimum absolute atomic E-state index is 0.289. The number of nitrogen functional groups attached to an aromatic ring is 1. The number of nitrogens with two attached hydrogens (primary N) is 1. The number of anilines is 1. The summed E-state index contributed by atoms with van der Waals surface area (Å²) in [5.74, 6) is 0. The molecule has 1 aromatic carbocycles. The molecule has 20 heavy (non-hydrogen) atoms. The summed E-state index contributed by atoms with van der Waals surface area (Å²) in [6.07, 6.45) is -2.31. The van der Waals surface area contributed by atoms with Crippen molar-refractivity contribution in [1.29, 1.82) is 0 Å². The van der Waals surface area contributed by atoms with Crippen LogP contribution in [0.4, 0.5) is 18.9 Å². The highest BCUT2D eigenvalue weighted by Gasteiger charge is 2.31. The summed E-state index contributed by atoms with van der Waals surface area (Å²) >= 11 is 0. The highest BCUT2D eigenvalue weighted by molar-refractivity contribution is 5.94. The Morgan fingerprint density at radius 2 is 1.90 bits per heavy atom. The van der Waals surface area contributed by atoms with E-state index in [2.05, 4.69) is 15.2 Å². The lowest BCUT2D eigenvalue weighted by atomic mass is 10.1. The van der Waals surface area contributed by atoms with Crippen molar-refractivity contribution in [3.63, 3.8) is 0 Å². The van der Waals surface area contributed by atoms with Crippen LogP contribution in [-0.4, -0.2) is 15.2 Å². The Hall–Kier alpha value is -2.57. The summed E-state index contributed by atoms with van der Waals surface area (Å²) < 4.78 is 38.1. The molecule has 0 aliphatic heterocycles. The van der Waals surface area contributed by atoms with Crippen LogP contribution in [0.3, 0.4) is 0 Å². The number of halogens is 3. The fourth-order valence-corrected chi connectivity index (χ4v) is 1.98. The summed E-state index contributed by atoms with van der Waals surface area (Å²) in [6.45, 7) is 0. The SMILES string of the molecule is Nc1ccc2[nH]nc(-c3cncc(C(F)(F)F)c3)c2c1. The van der Waals surface area contributed by atoms with E-state index in [0.717, 1.165) is 12.3 Å². The molecule has 0 bridgehead atoms. The Bertz CT molecular complexity index is 777. The van der Waals surface area contributed by atoms with Gasteiger partial charge in [-0.2, -0.15) is 18.3 Å². The monoisotopic (exact) mass is 278 g/mol. The van der Waals surface area contributed by atoms with Crippen molar-refractivity contribution >= 4 is 16.6 Å². The first-order valence-electron chi connectivity index (χ1n) is 5.71. The number of H-pyrrole nitrogens is 1. The van der Waals surface area contributed by atoms with Crippen molar-refractivity contribution in [3.8, 4) is 11.3 Å². The van der Waals surface area contributed by atoms with Crippen molar-refractivity contribution in [1.82, 2.24) is 15.2 Å². The molecule has 0 fully saturated rings. The Kier molecular flexibility index (Phi) is 2.63. The summed E-state index contributed by atoms with van der Waals surface area (Å²) in [6, 6.07) is 6.09. The van der Waals surface area contributed by atoms with Gasteiger partial charge in [-0.05, 0) is 24.3 Å². The molecule has 0 spiro atoms. The molecular weight excluding hydrogens is 269 g/mol. The first-order valence-corrected chi connectivity index (χ1v) is 5.71. The van der Waals surface area contributed by atoms with Gasteiger partial charge in [0, 0.05) is 29.0 Å². The summed E-state index contributed by atoms with van der Waals surface area (Å²) in [5, 5.41) is 7.46. The zero-order valence-electron chi connectivity index (χ0n) is 10.1. The van der Waals surface area contributed by atoms with Crippen molar-refractivity contribution in [2.45, 2.75) is 6.18 Å². The van der Waals surface area contributed by atoms with Crippen LogP contribution in [0.5, 0.6) is 0 Å². The molecule has 0 aliphatic rings. The van der Waals surface area contributed by atoms with Gasteiger partial charge in [0.05, 0.1) is 11.1 Å². The van der Waals surface area contributed by atoms with Crippen molar-refractivity contribution in [3.05, 3.63) is 42.2 Å². The molecular formula is C13H9F3N4. The Morgan fingerprint density at radius 1 is 1.10 bits per heavy atom. The molecule has 0 saturated carbocycles. The number of aromatic nitrogens is 3. The highest BCUT2D eigenvalue weighted by Crippen LogP contribution is 2.33. The van der Waals surface area contributed by atoms with E-state index in [0.29, 0.717) is 22.3 Å². The number of fused-ring (bicyclic) bond motifs is 1. The topological polar surface area (TPSA) is 67.6 Å². The number of benzene rings is 1. The average molecular weight is 278 g/mol. The van der Waals surface area contributed by atoms with Gasteiger partial charge in [0.15, 0.2) is 0 Å². The molecule has 0 atom stereocenters. The van der Waals surface area contributed by atoms with E-state index in [9.17, 15) is 13.2 Å². The fourth-order valence-electron chi connectivity index (χ4n) is 1.98. The maximum atomic E-state index is 12.7. The molecule has 102 valence electrons.